The summed E-state index contributed by atoms with van der Waals surface area (Å²) < 4.78 is 28.2. The van der Waals surface area contributed by atoms with E-state index in [0.717, 1.165) is 0 Å². The lowest BCUT2D eigenvalue weighted by Crippen LogP contribution is -2.29. The standard InChI is InChI=1S/C13H15ClF2N2O3/c1-18-6-8(14)4-9(18)11(21)17-3-2-12(5-10(19)20)7-13(12,15)16/h4,6H,2-3,5,7H2,1H3,(H,17,21)(H,19,20). The molecule has 1 aromatic heterocycles. The molecule has 1 heterocycles. The summed E-state index contributed by atoms with van der Waals surface area (Å²) in [5, 5.41) is 11.6. The van der Waals surface area contributed by atoms with Gasteiger partial charge in [0.15, 0.2) is 0 Å². The number of hydrogen-bond donors (Lipinski definition) is 2. The predicted molar refractivity (Wildman–Crippen MR) is 71.6 cm³/mol. The van der Waals surface area contributed by atoms with Crippen LogP contribution in [0.2, 0.25) is 5.02 Å². The third-order valence-corrected chi connectivity index (χ3v) is 4.00. The van der Waals surface area contributed by atoms with Crippen molar-refractivity contribution in [2.45, 2.75) is 25.2 Å². The maximum Gasteiger partial charge on any atom is 0.304 e. The van der Waals surface area contributed by atoms with Gasteiger partial charge in [-0.05, 0) is 12.5 Å². The number of halogens is 3. The summed E-state index contributed by atoms with van der Waals surface area (Å²) in [6.07, 6.45) is 0.442. The molecule has 1 aliphatic rings. The third-order valence-electron chi connectivity index (χ3n) is 3.79. The van der Waals surface area contributed by atoms with Gasteiger partial charge in [0, 0.05) is 26.2 Å². The number of carbonyl (C=O) groups excluding carboxylic acids is 1. The Bertz CT molecular complexity index is 588. The lowest BCUT2D eigenvalue weighted by Gasteiger charge is -2.14. The van der Waals surface area contributed by atoms with Gasteiger partial charge >= 0.3 is 5.97 Å². The van der Waals surface area contributed by atoms with Crippen LogP contribution in [0.25, 0.3) is 0 Å². The second-order valence-corrected chi connectivity index (χ2v) is 5.83. The zero-order chi connectivity index (χ0) is 15.8. The number of aryl methyl sites for hydroxylation is 1. The normalized spacial score (nSPS) is 22.9. The maximum absolute atomic E-state index is 13.3. The first-order valence-electron chi connectivity index (χ1n) is 6.37. The number of nitrogens with one attached hydrogen (secondary N) is 1. The van der Waals surface area contributed by atoms with Crippen LogP contribution in [-0.2, 0) is 11.8 Å². The van der Waals surface area contributed by atoms with Gasteiger partial charge in [-0.2, -0.15) is 0 Å². The molecular formula is C13H15ClF2N2O3. The van der Waals surface area contributed by atoms with Crippen LogP contribution in [0.1, 0.15) is 29.8 Å². The molecule has 0 saturated heterocycles. The van der Waals surface area contributed by atoms with Gasteiger partial charge in [-0.15, -0.1) is 0 Å². The molecule has 1 unspecified atom stereocenters. The second-order valence-electron chi connectivity index (χ2n) is 5.39. The van der Waals surface area contributed by atoms with Crippen LogP contribution in [-0.4, -0.2) is 34.0 Å². The number of amides is 1. The average molecular weight is 321 g/mol. The molecule has 1 amide bonds. The number of hydrogen-bond acceptors (Lipinski definition) is 2. The molecule has 116 valence electrons. The number of carboxylic acids is 1. The van der Waals surface area contributed by atoms with Crippen molar-refractivity contribution in [3.63, 3.8) is 0 Å². The van der Waals surface area contributed by atoms with E-state index < -0.39 is 36.1 Å². The van der Waals surface area contributed by atoms with Crippen LogP contribution in [0, 0.1) is 5.41 Å². The molecule has 2 N–H and O–H groups in total. The molecule has 0 aliphatic heterocycles. The van der Waals surface area contributed by atoms with Crippen molar-refractivity contribution in [1.29, 1.82) is 0 Å². The van der Waals surface area contributed by atoms with Crippen molar-refractivity contribution >= 4 is 23.5 Å². The molecule has 1 fully saturated rings. The van der Waals surface area contributed by atoms with E-state index in [1.807, 2.05) is 0 Å². The van der Waals surface area contributed by atoms with E-state index in [1.54, 1.807) is 13.2 Å². The number of carbonyl (C=O) groups is 2. The molecule has 0 bridgehead atoms. The number of carboxylic acid groups (broad SMARTS) is 1. The Morgan fingerprint density at radius 1 is 1.52 bits per heavy atom. The van der Waals surface area contributed by atoms with Crippen molar-refractivity contribution in [2.75, 3.05) is 6.54 Å². The fourth-order valence-electron chi connectivity index (χ4n) is 2.48. The summed E-state index contributed by atoms with van der Waals surface area (Å²) in [5.74, 6) is -4.66. The Balaban J connectivity index is 1.90. The summed E-state index contributed by atoms with van der Waals surface area (Å²) in [6, 6.07) is 1.47. The van der Waals surface area contributed by atoms with Crippen molar-refractivity contribution < 1.29 is 23.5 Å². The summed E-state index contributed by atoms with van der Waals surface area (Å²) in [7, 11) is 1.64. The highest BCUT2D eigenvalue weighted by molar-refractivity contribution is 6.31. The Morgan fingerprint density at radius 3 is 2.57 bits per heavy atom. The van der Waals surface area contributed by atoms with Gasteiger partial charge in [-0.3, -0.25) is 9.59 Å². The molecule has 0 radical (unpaired) electrons. The Labute approximate surface area is 124 Å². The van der Waals surface area contributed by atoms with Gasteiger partial charge in [0.1, 0.15) is 5.69 Å². The van der Waals surface area contributed by atoms with E-state index >= 15 is 0 Å². The van der Waals surface area contributed by atoms with Gasteiger partial charge < -0.3 is 15.0 Å². The molecule has 0 aromatic carbocycles. The smallest absolute Gasteiger partial charge is 0.304 e. The minimum absolute atomic E-state index is 0.00942. The quantitative estimate of drug-likeness (QED) is 0.845. The van der Waals surface area contributed by atoms with E-state index in [1.165, 1.54) is 10.6 Å². The third kappa shape index (κ3) is 3.18. The number of aliphatic carboxylic acids is 1. The van der Waals surface area contributed by atoms with Crippen LogP contribution in [0.15, 0.2) is 12.3 Å². The highest BCUT2D eigenvalue weighted by atomic mass is 35.5. The largest absolute Gasteiger partial charge is 0.481 e. The van der Waals surface area contributed by atoms with Crippen molar-refractivity contribution in [1.82, 2.24) is 9.88 Å². The maximum atomic E-state index is 13.3. The van der Waals surface area contributed by atoms with Gasteiger partial charge in [-0.1, -0.05) is 11.6 Å². The molecule has 8 heteroatoms. The first-order valence-corrected chi connectivity index (χ1v) is 6.74. The van der Waals surface area contributed by atoms with Crippen LogP contribution in [0.3, 0.4) is 0 Å². The van der Waals surface area contributed by atoms with Gasteiger partial charge in [-0.25, -0.2) is 8.78 Å². The molecule has 1 aromatic rings. The molecule has 1 atom stereocenters. The Kier molecular flexibility index (Phi) is 3.97. The second kappa shape index (κ2) is 5.29. The highest BCUT2D eigenvalue weighted by Gasteiger charge is 2.70. The molecular weight excluding hydrogens is 306 g/mol. The van der Waals surface area contributed by atoms with E-state index in [0.29, 0.717) is 10.7 Å². The fourth-order valence-corrected chi connectivity index (χ4v) is 2.73. The van der Waals surface area contributed by atoms with Gasteiger partial charge in [0.05, 0.1) is 16.9 Å². The summed E-state index contributed by atoms with van der Waals surface area (Å²) >= 11 is 5.76. The number of rotatable bonds is 6. The van der Waals surface area contributed by atoms with Gasteiger partial charge in [0.25, 0.3) is 11.8 Å². The van der Waals surface area contributed by atoms with E-state index in [-0.39, 0.29) is 13.0 Å². The molecule has 1 saturated carbocycles. The first kappa shape index (κ1) is 15.8. The van der Waals surface area contributed by atoms with Crippen LogP contribution in [0.4, 0.5) is 8.78 Å². The summed E-state index contributed by atoms with van der Waals surface area (Å²) in [6.45, 7) is -0.00942. The molecule has 5 nitrogen and oxygen atoms in total. The van der Waals surface area contributed by atoms with Gasteiger partial charge in [0.2, 0.25) is 0 Å². The van der Waals surface area contributed by atoms with Crippen molar-refractivity contribution in [3.8, 4) is 0 Å². The Hall–Kier alpha value is -1.63. The monoisotopic (exact) mass is 320 g/mol. The highest BCUT2D eigenvalue weighted by Crippen LogP contribution is 2.64. The van der Waals surface area contributed by atoms with Crippen molar-refractivity contribution in [3.05, 3.63) is 23.0 Å². The first-order chi connectivity index (χ1) is 9.67. The van der Waals surface area contributed by atoms with E-state index in [4.69, 9.17) is 16.7 Å². The minimum atomic E-state index is -2.97. The number of alkyl halides is 2. The lowest BCUT2D eigenvalue weighted by atomic mass is 9.97. The predicted octanol–water partition coefficient (Wildman–Crippen LogP) is 2.30. The van der Waals surface area contributed by atoms with Crippen LogP contribution < -0.4 is 5.32 Å². The van der Waals surface area contributed by atoms with E-state index in [2.05, 4.69) is 5.32 Å². The summed E-state index contributed by atoms with van der Waals surface area (Å²) in [4.78, 5) is 22.5. The topological polar surface area (TPSA) is 71.3 Å². The summed E-state index contributed by atoms with van der Waals surface area (Å²) in [5.41, 5.74) is -1.22. The average Bonchev–Trinajstić information content (AvgIpc) is 2.68. The number of nitrogens with zero attached hydrogens (tertiary/aromatic N) is 1. The van der Waals surface area contributed by atoms with Crippen LogP contribution >= 0.6 is 11.6 Å². The van der Waals surface area contributed by atoms with Crippen LogP contribution in [0.5, 0.6) is 0 Å². The minimum Gasteiger partial charge on any atom is -0.481 e. The fraction of sp³-hybridized carbons (Fsp3) is 0.538. The number of aromatic nitrogens is 1. The lowest BCUT2D eigenvalue weighted by molar-refractivity contribution is -0.139. The molecule has 21 heavy (non-hydrogen) atoms. The van der Waals surface area contributed by atoms with E-state index in [9.17, 15) is 18.4 Å². The SMILES string of the molecule is Cn1cc(Cl)cc1C(=O)NCCC1(CC(=O)O)CC1(F)F. The molecule has 0 spiro atoms. The molecule has 1 aliphatic carbocycles. The molecule has 2 rings (SSSR count). The van der Waals surface area contributed by atoms with Crippen molar-refractivity contribution in [2.24, 2.45) is 12.5 Å². The zero-order valence-corrected chi connectivity index (χ0v) is 12.1. The Morgan fingerprint density at radius 2 is 2.14 bits per heavy atom. The zero-order valence-electron chi connectivity index (χ0n) is 11.3.